The van der Waals surface area contributed by atoms with E-state index in [9.17, 15) is 0 Å². The summed E-state index contributed by atoms with van der Waals surface area (Å²) in [5, 5.41) is 0. The molecule has 1 unspecified atom stereocenters. The summed E-state index contributed by atoms with van der Waals surface area (Å²) in [5.41, 5.74) is 9.28. The fraction of sp³-hybridized carbons (Fsp3) is 0.588. The molecule has 1 aliphatic carbocycles. The minimum atomic E-state index is 0.0530. The van der Waals surface area contributed by atoms with Gasteiger partial charge in [0.1, 0.15) is 5.82 Å². The van der Waals surface area contributed by atoms with E-state index in [0.29, 0.717) is 12.5 Å². The fourth-order valence-corrected chi connectivity index (χ4v) is 3.09. The van der Waals surface area contributed by atoms with Crippen molar-refractivity contribution in [3.63, 3.8) is 0 Å². The normalized spacial score (nSPS) is 17.6. The van der Waals surface area contributed by atoms with E-state index in [1.807, 2.05) is 0 Å². The lowest BCUT2D eigenvalue weighted by molar-refractivity contribution is 0.380. The molecule has 1 aromatic carbocycles. The van der Waals surface area contributed by atoms with Crippen molar-refractivity contribution in [2.24, 2.45) is 11.7 Å². The van der Waals surface area contributed by atoms with Crippen LogP contribution in [0.4, 0.5) is 0 Å². The summed E-state index contributed by atoms with van der Waals surface area (Å²) in [6, 6.07) is 6.44. The SMILES string of the molecule is CC(c1nc2cc(CN)ccc2n1C(C)(C)C)C1CC1. The summed E-state index contributed by atoms with van der Waals surface area (Å²) in [5.74, 6) is 2.61. The first-order valence-corrected chi connectivity index (χ1v) is 7.63. The van der Waals surface area contributed by atoms with Crippen molar-refractivity contribution in [1.29, 1.82) is 0 Å². The third kappa shape index (κ3) is 2.24. The second kappa shape index (κ2) is 4.59. The third-order valence-electron chi connectivity index (χ3n) is 4.39. The van der Waals surface area contributed by atoms with Crippen molar-refractivity contribution in [2.45, 2.75) is 58.5 Å². The molecule has 0 aliphatic heterocycles. The van der Waals surface area contributed by atoms with Crippen molar-refractivity contribution >= 4 is 11.0 Å². The van der Waals surface area contributed by atoms with E-state index in [1.54, 1.807) is 0 Å². The van der Waals surface area contributed by atoms with Crippen LogP contribution in [0.25, 0.3) is 11.0 Å². The molecule has 20 heavy (non-hydrogen) atoms. The van der Waals surface area contributed by atoms with Crippen LogP contribution in [0.15, 0.2) is 18.2 Å². The third-order valence-corrected chi connectivity index (χ3v) is 4.39. The Bertz CT molecular complexity index is 629. The molecule has 1 aromatic heterocycles. The van der Waals surface area contributed by atoms with Crippen LogP contribution < -0.4 is 5.73 Å². The molecule has 3 rings (SSSR count). The number of nitrogens with zero attached hydrogens (tertiary/aromatic N) is 2. The number of hydrogen-bond acceptors (Lipinski definition) is 2. The summed E-state index contributed by atoms with van der Waals surface area (Å²) in [4.78, 5) is 4.96. The minimum Gasteiger partial charge on any atom is -0.326 e. The number of rotatable bonds is 3. The number of hydrogen-bond donors (Lipinski definition) is 1. The average molecular weight is 271 g/mol. The Labute approximate surface area is 121 Å². The Balaban J connectivity index is 2.21. The van der Waals surface area contributed by atoms with Gasteiger partial charge in [0.25, 0.3) is 0 Å². The maximum Gasteiger partial charge on any atom is 0.113 e. The summed E-state index contributed by atoms with van der Waals surface area (Å²) in [6.07, 6.45) is 2.70. The van der Waals surface area contributed by atoms with E-state index in [1.165, 1.54) is 24.2 Å². The molecule has 1 atom stereocenters. The molecule has 0 spiro atoms. The van der Waals surface area contributed by atoms with Crippen LogP contribution in [-0.2, 0) is 12.1 Å². The molecule has 2 N–H and O–H groups in total. The van der Waals surface area contributed by atoms with Crippen LogP contribution >= 0.6 is 0 Å². The van der Waals surface area contributed by atoms with Crippen molar-refractivity contribution in [3.8, 4) is 0 Å². The van der Waals surface area contributed by atoms with Crippen LogP contribution in [0.3, 0.4) is 0 Å². The van der Waals surface area contributed by atoms with Gasteiger partial charge in [-0.3, -0.25) is 0 Å². The largest absolute Gasteiger partial charge is 0.326 e. The van der Waals surface area contributed by atoms with Gasteiger partial charge in [-0.2, -0.15) is 0 Å². The first-order chi connectivity index (χ1) is 9.41. The fourth-order valence-electron chi connectivity index (χ4n) is 3.09. The Morgan fingerprint density at radius 2 is 2.05 bits per heavy atom. The van der Waals surface area contributed by atoms with Gasteiger partial charge < -0.3 is 10.3 Å². The van der Waals surface area contributed by atoms with Gasteiger partial charge in [0.2, 0.25) is 0 Å². The lowest BCUT2D eigenvalue weighted by Gasteiger charge is -2.26. The molecule has 1 fully saturated rings. The van der Waals surface area contributed by atoms with Gasteiger partial charge in [-0.25, -0.2) is 4.98 Å². The zero-order chi connectivity index (χ0) is 14.5. The zero-order valence-electron chi connectivity index (χ0n) is 13.0. The van der Waals surface area contributed by atoms with Crippen LogP contribution in [0.5, 0.6) is 0 Å². The summed E-state index contributed by atoms with van der Waals surface area (Å²) in [6.45, 7) is 9.67. The lowest BCUT2D eigenvalue weighted by atomic mass is 10.0. The average Bonchev–Trinajstić information content (AvgIpc) is 3.15. The first-order valence-electron chi connectivity index (χ1n) is 7.63. The number of aromatic nitrogens is 2. The molecule has 0 amide bonds. The number of benzene rings is 1. The van der Waals surface area contributed by atoms with Gasteiger partial charge in [0.15, 0.2) is 0 Å². The van der Waals surface area contributed by atoms with E-state index in [0.717, 1.165) is 17.0 Å². The van der Waals surface area contributed by atoms with Gasteiger partial charge in [0, 0.05) is 18.0 Å². The van der Waals surface area contributed by atoms with Crippen LogP contribution in [0.2, 0.25) is 0 Å². The minimum absolute atomic E-state index is 0.0530. The molecule has 0 radical (unpaired) electrons. The zero-order valence-corrected chi connectivity index (χ0v) is 13.0. The molecule has 3 nitrogen and oxygen atoms in total. The van der Waals surface area contributed by atoms with E-state index < -0.39 is 0 Å². The van der Waals surface area contributed by atoms with Crippen molar-refractivity contribution in [3.05, 3.63) is 29.6 Å². The van der Waals surface area contributed by atoms with E-state index >= 15 is 0 Å². The number of nitrogens with two attached hydrogens (primary N) is 1. The molecular weight excluding hydrogens is 246 g/mol. The molecular formula is C17H25N3. The summed E-state index contributed by atoms with van der Waals surface area (Å²) in [7, 11) is 0. The van der Waals surface area contributed by atoms with Crippen LogP contribution in [0, 0.1) is 5.92 Å². The predicted molar refractivity (Wildman–Crippen MR) is 83.8 cm³/mol. The van der Waals surface area contributed by atoms with E-state index in [-0.39, 0.29) is 5.54 Å². The quantitative estimate of drug-likeness (QED) is 0.923. The van der Waals surface area contributed by atoms with Crippen molar-refractivity contribution in [1.82, 2.24) is 9.55 Å². The summed E-state index contributed by atoms with van der Waals surface area (Å²) < 4.78 is 2.42. The molecule has 1 saturated carbocycles. The first kappa shape index (κ1) is 13.6. The van der Waals surface area contributed by atoms with Gasteiger partial charge >= 0.3 is 0 Å². The maximum absolute atomic E-state index is 5.75. The smallest absolute Gasteiger partial charge is 0.113 e. The Hall–Kier alpha value is -1.35. The van der Waals surface area contributed by atoms with Crippen LogP contribution in [-0.4, -0.2) is 9.55 Å². The molecule has 0 bridgehead atoms. The van der Waals surface area contributed by atoms with Crippen LogP contribution in [0.1, 0.15) is 57.8 Å². The molecule has 3 heteroatoms. The lowest BCUT2D eigenvalue weighted by Crippen LogP contribution is -2.25. The predicted octanol–water partition coefficient (Wildman–Crippen LogP) is 3.76. The highest BCUT2D eigenvalue weighted by Gasteiger charge is 2.34. The maximum atomic E-state index is 5.75. The van der Waals surface area contributed by atoms with Crippen molar-refractivity contribution in [2.75, 3.05) is 0 Å². The molecule has 2 aromatic rings. The van der Waals surface area contributed by atoms with Gasteiger partial charge in [-0.1, -0.05) is 13.0 Å². The highest BCUT2D eigenvalue weighted by atomic mass is 15.1. The molecule has 0 saturated heterocycles. The van der Waals surface area contributed by atoms with Gasteiger partial charge in [-0.15, -0.1) is 0 Å². The molecule has 1 heterocycles. The Morgan fingerprint density at radius 1 is 1.35 bits per heavy atom. The standard InChI is InChI=1S/C17H25N3/c1-11(13-6-7-13)16-19-14-9-12(10-18)5-8-15(14)20(16)17(2,3)4/h5,8-9,11,13H,6-7,10,18H2,1-4H3. The monoisotopic (exact) mass is 271 g/mol. The van der Waals surface area contributed by atoms with E-state index in [4.69, 9.17) is 10.7 Å². The number of fused-ring (bicyclic) bond motifs is 1. The highest BCUT2D eigenvalue weighted by molar-refractivity contribution is 5.77. The Morgan fingerprint density at radius 3 is 2.60 bits per heavy atom. The second-order valence-corrected chi connectivity index (χ2v) is 7.13. The second-order valence-electron chi connectivity index (χ2n) is 7.13. The summed E-state index contributed by atoms with van der Waals surface area (Å²) >= 11 is 0. The van der Waals surface area contributed by atoms with E-state index in [2.05, 4.69) is 50.5 Å². The molecule has 1 aliphatic rings. The van der Waals surface area contributed by atoms with Gasteiger partial charge in [-0.05, 0) is 57.2 Å². The number of imidazole rings is 1. The topological polar surface area (TPSA) is 43.8 Å². The highest BCUT2D eigenvalue weighted by Crippen LogP contribution is 2.43. The van der Waals surface area contributed by atoms with Crippen molar-refractivity contribution < 1.29 is 0 Å². The Kier molecular flexibility index (Phi) is 3.13. The van der Waals surface area contributed by atoms with Gasteiger partial charge in [0.05, 0.1) is 11.0 Å². The molecule has 108 valence electrons.